The lowest BCUT2D eigenvalue weighted by Gasteiger charge is -2.28. The van der Waals surface area contributed by atoms with Gasteiger partial charge in [0.05, 0.1) is 17.8 Å². The normalized spacial score (nSPS) is 18.5. The summed E-state index contributed by atoms with van der Waals surface area (Å²) in [6.07, 6.45) is 0.398. The number of carbonyl (C=O) groups excluding carboxylic acids is 1. The molecule has 1 amide bonds. The van der Waals surface area contributed by atoms with Crippen molar-refractivity contribution >= 4 is 22.9 Å². The summed E-state index contributed by atoms with van der Waals surface area (Å²) in [6.45, 7) is 1.93. The molecule has 0 radical (unpaired) electrons. The SMILES string of the molecule is COc1ccc2c(c1)C(Cc1csc(C)n1)(c1ccc(F)cc1)C(=O)N2. The monoisotopic (exact) mass is 368 g/mol. The van der Waals surface area contributed by atoms with Crippen LogP contribution in [-0.2, 0) is 16.6 Å². The maximum atomic E-state index is 13.5. The van der Waals surface area contributed by atoms with Crippen LogP contribution in [0.3, 0.4) is 0 Å². The van der Waals surface area contributed by atoms with E-state index >= 15 is 0 Å². The molecule has 4 nitrogen and oxygen atoms in total. The minimum atomic E-state index is -0.974. The number of thiazole rings is 1. The molecule has 0 spiro atoms. The molecule has 0 bridgehead atoms. The molecule has 132 valence electrons. The summed E-state index contributed by atoms with van der Waals surface area (Å²) in [5.74, 6) is 0.192. The van der Waals surface area contributed by atoms with Crippen molar-refractivity contribution in [1.82, 2.24) is 4.98 Å². The second-order valence-corrected chi connectivity index (χ2v) is 7.37. The van der Waals surface area contributed by atoms with Crippen LogP contribution in [0.2, 0.25) is 0 Å². The van der Waals surface area contributed by atoms with Crippen LogP contribution in [0.5, 0.6) is 5.75 Å². The molecule has 26 heavy (non-hydrogen) atoms. The molecule has 1 atom stereocenters. The Bertz CT molecular complexity index is 984. The van der Waals surface area contributed by atoms with Crippen LogP contribution in [0.15, 0.2) is 47.8 Å². The van der Waals surface area contributed by atoms with E-state index in [1.54, 1.807) is 30.6 Å². The largest absolute Gasteiger partial charge is 0.497 e. The third-order valence-electron chi connectivity index (χ3n) is 4.77. The Hall–Kier alpha value is -2.73. The Kier molecular flexibility index (Phi) is 4.00. The molecule has 3 aromatic rings. The zero-order valence-electron chi connectivity index (χ0n) is 14.4. The number of ether oxygens (including phenoxy) is 1. The summed E-state index contributed by atoms with van der Waals surface area (Å²) in [7, 11) is 1.59. The minimum Gasteiger partial charge on any atom is -0.497 e. The Morgan fingerprint density at radius 1 is 1.23 bits per heavy atom. The van der Waals surface area contributed by atoms with Crippen molar-refractivity contribution in [2.24, 2.45) is 0 Å². The van der Waals surface area contributed by atoms with Gasteiger partial charge in [-0.15, -0.1) is 11.3 Å². The van der Waals surface area contributed by atoms with Gasteiger partial charge in [-0.1, -0.05) is 12.1 Å². The van der Waals surface area contributed by atoms with Crippen LogP contribution in [0.25, 0.3) is 0 Å². The van der Waals surface area contributed by atoms with E-state index in [1.807, 2.05) is 30.5 Å². The first kappa shape index (κ1) is 16.7. The fourth-order valence-electron chi connectivity index (χ4n) is 3.52. The summed E-state index contributed by atoms with van der Waals surface area (Å²) in [5.41, 5.74) is 2.15. The lowest BCUT2D eigenvalue weighted by atomic mass is 9.72. The van der Waals surface area contributed by atoms with Crippen molar-refractivity contribution in [2.75, 3.05) is 12.4 Å². The van der Waals surface area contributed by atoms with Crippen molar-refractivity contribution in [3.63, 3.8) is 0 Å². The van der Waals surface area contributed by atoms with Crippen LogP contribution < -0.4 is 10.1 Å². The molecule has 0 saturated carbocycles. The van der Waals surface area contributed by atoms with Gasteiger partial charge in [0.15, 0.2) is 0 Å². The molecule has 4 rings (SSSR count). The van der Waals surface area contributed by atoms with Gasteiger partial charge in [0.1, 0.15) is 17.0 Å². The van der Waals surface area contributed by atoms with Crippen LogP contribution in [0.4, 0.5) is 10.1 Å². The number of hydrogen-bond acceptors (Lipinski definition) is 4. The predicted molar refractivity (Wildman–Crippen MR) is 99.4 cm³/mol. The van der Waals surface area contributed by atoms with E-state index in [9.17, 15) is 9.18 Å². The van der Waals surface area contributed by atoms with Crippen molar-refractivity contribution in [3.8, 4) is 5.75 Å². The topological polar surface area (TPSA) is 51.2 Å². The third-order valence-corrected chi connectivity index (χ3v) is 5.59. The quantitative estimate of drug-likeness (QED) is 0.755. The third kappa shape index (κ3) is 2.57. The smallest absolute Gasteiger partial charge is 0.239 e. The van der Waals surface area contributed by atoms with E-state index in [4.69, 9.17) is 4.74 Å². The average Bonchev–Trinajstić information content (AvgIpc) is 3.17. The van der Waals surface area contributed by atoms with Crippen LogP contribution in [0, 0.1) is 12.7 Å². The van der Waals surface area contributed by atoms with Crippen molar-refractivity contribution < 1.29 is 13.9 Å². The number of aryl methyl sites for hydroxylation is 1. The molecule has 0 aliphatic carbocycles. The number of rotatable bonds is 4. The highest BCUT2D eigenvalue weighted by molar-refractivity contribution is 7.09. The molecule has 1 aromatic heterocycles. The first-order chi connectivity index (χ1) is 12.5. The summed E-state index contributed by atoms with van der Waals surface area (Å²) < 4.78 is 18.9. The molecule has 1 N–H and O–H groups in total. The molecular weight excluding hydrogens is 351 g/mol. The Morgan fingerprint density at radius 2 is 2.00 bits per heavy atom. The minimum absolute atomic E-state index is 0.141. The van der Waals surface area contributed by atoms with Gasteiger partial charge in [0.25, 0.3) is 0 Å². The van der Waals surface area contributed by atoms with Crippen LogP contribution >= 0.6 is 11.3 Å². The Morgan fingerprint density at radius 3 is 2.65 bits per heavy atom. The lowest BCUT2D eigenvalue weighted by molar-refractivity contribution is -0.119. The van der Waals surface area contributed by atoms with Gasteiger partial charge in [-0.3, -0.25) is 4.79 Å². The number of nitrogens with one attached hydrogen (secondary N) is 1. The first-order valence-corrected chi connectivity index (χ1v) is 9.08. The van der Waals surface area contributed by atoms with E-state index in [-0.39, 0.29) is 11.7 Å². The van der Waals surface area contributed by atoms with Gasteiger partial charge < -0.3 is 10.1 Å². The molecular formula is C20H17FN2O2S. The predicted octanol–water partition coefficient (Wildman–Crippen LogP) is 4.08. The number of aromatic nitrogens is 1. The second-order valence-electron chi connectivity index (χ2n) is 6.31. The first-order valence-electron chi connectivity index (χ1n) is 8.20. The number of fused-ring (bicyclic) bond motifs is 1. The number of methoxy groups -OCH3 is 1. The van der Waals surface area contributed by atoms with Crippen molar-refractivity contribution in [1.29, 1.82) is 0 Å². The van der Waals surface area contributed by atoms with Gasteiger partial charge >= 0.3 is 0 Å². The van der Waals surface area contributed by atoms with E-state index in [0.717, 1.165) is 27.5 Å². The van der Waals surface area contributed by atoms with E-state index in [2.05, 4.69) is 10.3 Å². The van der Waals surface area contributed by atoms with E-state index in [0.29, 0.717) is 12.2 Å². The van der Waals surface area contributed by atoms with Crippen molar-refractivity contribution in [2.45, 2.75) is 18.8 Å². The van der Waals surface area contributed by atoms with Gasteiger partial charge in [-0.2, -0.15) is 0 Å². The number of halogens is 1. The van der Waals surface area contributed by atoms with E-state index in [1.165, 1.54) is 12.1 Å². The number of nitrogens with zero attached hydrogens (tertiary/aromatic N) is 1. The van der Waals surface area contributed by atoms with Gasteiger partial charge in [-0.25, -0.2) is 9.37 Å². The molecule has 0 fully saturated rings. The molecule has 2 aromatic carbocycles. The number of amides is 1. The van der Waals surface area contributed by atoms with Gasteiger partial charge in [0, 0.05) is 17.5 Å². The van der Waals surface area contributed by atoms with E-state index < -0.39 is 5.41 Å². The summed E-state index contributed by atoms with van der Waals surface area (Å²) in [4.78, 5) is 17.7. The van der Waals surface area contributed by atoms with Crippen molar-refractivity contribution in [3.05, 3.63) is 75.5 Å². The number of anilines is 1. The molecule has 0 saturated heterocycles. The highest BCUT2D eigenvalue weighted by Crippen LogP contribution is 2.46. The maximum absolute atomic E-state index is 13.5. The molecule has 1 aliphatic rings. The summed E-state index contributed by atoms with van der Waals surface area (Å²) >= 11 is 1.55. The second kappa shape index (κ2) is 6.21. The zero-order chi connectivity index (χ0) is 18.3. The fraction of sp³-hybridized carbons (Fsp3) is 0.200. The summed E-state index contributed by atoms with van der Waals surface area (Å²) in [6, 6.07) is 11.6. The standard InChI is InChI=1S/C20H17FN2O2S/c1-12-22-15(11-26-12)10-20(13-3-5-14(21)6-4-13)17-9-16(25-2)7-8-18(17)23-19(20)24/h3-9,11H,10H2,1-2H3,(H,23,24). The molecule has 1 aliphatic heterocycles. The number of hydrogen-bond donors (Lipinski definition) is 1. The molecule has 2 heterocycles. The van der Waals surface area contributed by atoms with Gasteiger partial charge in [-0.05, 0) is 48.4 Å². The molecule has 1 unspecified atom stereocenters. The average molecular weight is 368 g/mol. The lowest BCUT2D eigenvalue weighted by Crippen LogP contribution is -2.38. The van der Waals surface area contributed by atoms with Crippen LogP contribution in [0.1, 0.15) is 21.8 Å². The Labute approximate surface area is 154 Å². The molecule has 6 heteroatoms. The number of carbonyl (C=O) groups is 1. The Balaban J connectivity index is 1.94. The zero-order valence-corrected chi connectivity index (χ0v) is 15.2. The van der Waals surface area contributed by atoms with Crippen LogP contribution in [-0.4, -0.2) is 18.0 Å². The highest BCUT2D eigenvalue weighted by atomic mass is 32.1. The summed E-state index contributed by atoms with van der Waals surface area (Å²) in [5, 5.41) is 5.87. The number of benzene rings is 2. The van der Waals surface area contributed by atoms with Gasteiger partial charge in [0.2, 0.25) is 5.91 Å². The fourth-order valence-corrected chi connectivity index (χ4v) is 4.14. The highest BCUT2D eigenvalue weighted by Gasteiger charge is 2.49. The maximum Gasteiger partial charge on any atom is 0.239 e.